The van der Waals surface area contributed by atoms with E-state index in [4.69, 9.17) is 4.98 Å². The summed E-state index contributed by atoms with van der Waals surface area (Å²) in [4.78, 5) is 31.1. The predicted molar refractivity (Wildman–Crippen MR) is 117 cm³/mol. The van der Waals surface area contributed by atoms with Crippen LogP contribution >= 0.6 is 11.3 Å². The summed E-state index contributed by atoms with van der Waals surface area (Å²) < 4.78 is 1.79. The van der Waals surface area contributed by atoms with E-state index in [-0.39, 0.29) is 11.9 Å². The number of carbonyl (C=O) groups is 2. The molecule has 4 rings (SSSR count). The lowest BCUT2D eigenvalue weighted by Gasteiger charge is -2.11. The monoisotopic (exact) mass is 419 g/mol. The van der Waals surface area contributed by atoms with E-state index in [2.05, 4.69) is 16.0 Å². The molecule has 152 valence electrons. The Hall–Kier alpha value is -3.52. The van der Waals surface area contributed by atoms with E-state index in [9.17, 15) is 9.59 Å². The number of fused-ring (bicyclic) bond motifs is 1. The minimum atomic E-state index is -0.426. The number of hydrogen-bond acceptors (Lipinski definition) is 5. The first kappa shape index (κ1) is 19.8. The van der Waals surface area contributed by atoms with Crippen molar-refractivity contribution >= 4 is 34.2 Å². The Morgan fingerprint density at radius 1 is 1.03 bits per heavy atom. The van der Waals surface area contributed by atoms with E-state index < -0.39 is 5.91 Å². The van der Waals surface area contributed by atoms with Crippen LogP contribution in [0.15, 0.2) is 54.0 Å². The smallest absolute Gasteiger partial charge is 0.267 e. The second-order valence-corrected chi connectivity index (χ2v) is 8.12. The SMILES string of the molecule is Cc1ccccc1C(=O)NNC(=O)c1cc(-c2cccs2)nc2c1cnn2C(C)C. The predicted octanol–water partition coefficient (Wildman–Crippen LogP) is 4.12. The lowest BCUT2D eigenvalue weighted by Crippen LogP contribution is -2.42. The maximum absolute atomic E-state index is 13.0. The molecule has 1 aromatic carbocycles. The van der Waals surface area contributed by atoms with Gasteiger partial charge in [0.05, 0.1) is 27.7 Å². The van der Waals surface area contributed by atoms with Gasteiger partial charge in [0.2, 0.25) is 0 Å². The molecule has 0 aliphatic rings. The van der Waals surface area contributed by atoms with Crippen molar-refractivity contribution < 1.29 is 9.59 Å². The molecule has 0 spiro atoms. The summed E-state index contributed by atoms with van der Waals surface area (Å²) in [5.74, 6) is -0.798. The lowest BCUT2D eigenvalue weighted by atomic mass is 10.1. The van der Waals surface area contributed by atoms with Crippen LogP contribution in [-0.4, -0.2) is 26.6 Å². The zero-order valence-electron chi connectivity index (χ0n) is 16.8. The van der Waals surface area contributed by atoms with Crippen LogP contribution in [-0.2, 0) is 0 Å². The number of aryl methyl sites for hydroxylation is 1. The fourth-order valence-corrected chi connectivity index (χ4v) is 3.90. The van der Waals surface area contributed by atoms with E-state index in [1.165, 1.54) is 0 Å². The molecule has 4 aromatic rings. The van der Waals surface area contributed by atoms with Crippen molar-refractivity contribution in [2.45, 2.75) is 26.8 Å². The normalized spacial score (nSPS) is 11.1. The average molecular weight is 420 g/mol. The summed E-state index contributed by atoms with van der Waals surface area (Å²) in [6, 6.07) is 12.9. The fraction of sp³-hybridized carbons (Fsp3) is 0.182. The average Bonchev–Trinajstić information content (AvgIpc) is 3.41. The number of aromatic nitrogens is 3. The summed E-state index contributed by atoms with van der Waals surface area (Å²) in [5, 5.41) is 7.00. The number of pyridine rings is 1. The van der Waals surface area contributed by atoms with Gasteiger partial charge in [-0.3, -0.25) is 20.4 Å². The second kappa shape index (κ2) is 8.08. The van der Waals surface area contributed by atoms with Gasteiger partial charge in [0.15, 0.2) is 5.65 Å². The summed E-state index contributed by atoms with van der Waals surface area (Å²) in [7, 11) is 0. The third-order valence-electron chi connectivity index (χ3n) is 4.75. The van der Waals surface area contributed by atoms with Gasteiger partial charge in [0.1, 0.15) is 0 Å². The van der Waals surface area contributed by atoms with Crippen molar-refractivity contribution in [1.29, 1.82) is 0 Å². The zero-order valence-corrected chi connectivity index (χ0v) is 17.7. The van der Waals surface area contributed by atoms with Gasteiger partial charge in [0, 0.05) is 11.6 Å². The molecule has 0 atom stereocenters. The van der Waals surface area contributed by atoms with Crippen LogP contribution in [0.2, 0.25) is 0 Å². The number of hydrazine groups is 1. The van der Waals surface area contributed by atoms with Gasteiger partial charge in [-0.2, -0.15) is 5.10 Å². The molecule has 0 saturated carbocycles. The maximum Gasteiger partial charge on any atom is 0.270 e. The molecule has 3 heterocycles. The number of rotatable bonds is 4. The first-order valence-corrected chi connectivity index (χ1v) is 10.4. The summed E-state index contributed by atoms with van der Waals surface area (Å²) in [6.07, 6.45) is 1.64. The Morgan fingerprint density at radius 2 is 1.77 bits per heavy atom. The fourth-order valence-electron chi connectivity index (χ4n) is 3.21. The largest absolute Gasteiger partial charge is 0.270 e. The van der Waals surface area contributed by atoms with E-state index in [0.717, 1.165) is 10.4 Å². The van der Waals surface area contributed by atoms with Crippen LogP contribution in [0.3, 0.4) is 0 Å². The van der Waals surface area contributed by atoms with Gasteiger partial charge in [-0.15, -0.1) is 11.3 Å². The van der Waals surface area contributed by atoms with Crippen LogP contribution in [0.25, 0.3) is 21.6 Å². The van der Waals surface area contributed by atoms with Crippen LogP contribution in [0.5, 0.6) is 0 Å². The lowest BCUT2D eigenvalue weighted by molar-refractivity contribution is 0.0847. The van der Waals surface area contributed by atoms with Crippen molar-refractivity contribution in [3.63, 3.8) is 0 Å². The summed E-state index contributed by atoms with van der Waals surface area (Å²) in [6.45, 7) is 5.86. The van der Waals surface area contributed by atoms with Crippen LogP contribution in [0.1, 0.15) is 46.2 Å². The van der Waals surface area contributed by atoms with Gasteiger partial charge in [-0.1, -0.05) is 24.3 Å². The van der Waals surface area contributed by atoms with Gasteiger partial charge in [0.25, 0.3) is 11.8 Å². The van der Waals surface area contributed by atoms with Gasteiger partial charge in [-0.25, -0.2) is 9.67 Å². The van der Waals surface area contributed by atoms with Crippen molar-refractivity contribution in [1.82, 2.24) is 25.6 Å². The number of carbonyl (C=O) groups excluding carboxylic acids is 2. The molecule has 0 unspecified atom stereocenters. The van der Waals surface area contributed by atoms with E-state index in [1.807, 2.05) is 50.4 Å². The van der Waals surface area contributed by atoms with Crippen molar-refractivity contribution in [2.75, 3.05) is 0 Å². The zero-order chi connectivity index (χ0) is 21.3. The molecule has 0 fully saturated rings. The molecular formula is C22H21N5O2S. The molecule has 7 nitrogen and oxygen atoms in total. The van der Waals surface area contributed by atoms with Gasteiger partial charge >= 0.3 is 0 Å². The highest BCUT2D eigenvalue weighted by molar-refractivity contribution is 7.13. The highest BCUT2D eigenvalue weighted by atomic mass is 32.1. The van der Waals surface area contributed by atoms with E-state index in [0.29, 0.717) is 27.9 Å². The Morgan fingerprint density at radius 3 is 2.43 bits per heavy atom. The Balaban J connectivity index is 1.68. The van der Waals surface area contributed by atoms with Gasteiger partial charge < -0.3 is 0 Å². The Kier molecular flexibility index (Phi) is 5.33. The molecule has 0 radical (unpaired) electrons. The number of thiophene rings is 1. The minimum Gasteiger partial charge on any atom is -0.267 e. The Bertz CT molecular complexity index is 1230. The third-order valence-corrected chi connectivity index (χ3v) is 5.65. The standard InChI is InChI=1S/C22H21N5O2S/c1-13(2)27-20-17(12-23-27)16(11-18(24-20)19-9-6-10-30-19)22(29)26-25-21(28)15-8-5-4-7-14(15)3/h4-13H,1-3H3,(H,25,28)(H,26,29). The van der Waals surface area contributed by atoms with Crippen molar-refractivity contribution in [3.05, 3.63) is 70.7 Å². The van der Waals surface area contributed by atoms with Crippen LogP contribution < -0.4 is 10.9 Å². The summed E-state index contributed by atoms with van der Waals surface area (Å²) >= 11 is 1.55. The molecular weight excluding hydrogens is 398 g/mol. The molecule has 0 bridgehead atoms. The Labute approximate surface area is 177 Å². The third kappa shape index (κ3) is 3.69. The number of hydrogen-bond donors (Lipinski definition) is 2. The minimum absolute atomic E-state index is 0.0882. The van der Waals surface area contributed by atoms with Gasteiger partial charge in [-0.05, 0) is 49.9 Å². The van der Waals surface area contributed by atoms with Crippen molar-refractivity contribution in [3.8, 4) is 10.6 Å². The highest BCUT2D eigenvalue weighted by Crippen LogP contribution is 2.28. The molecule has 30 heavy (non-hydrogen) atoms. The molecule has 2 N–H and O–H groups in total. The first-order valence-electron chi connectivity index (χ1n) is 9.54. The molecule has 8 heteroatoms. The second-order valence-electron chi connectivity index (χ2n) is 7.18. The van der Waals surface area contributed by atoms with Crippen LogP contribution in [0.4, 0.5) is 0 Å². The molecule has 0 saturated heterocycles. The van der Waals surface area contributed by atoms with Crippen LogP contribution in [0, 0.1) is 6.92 Å². The number of benzene rings is 1. The topological polar surface area (TPSA) is 88.9 Å². The molecule has 3 aromatic heterocycles. The van der Waals surface area contributed by atoms with Crippen molar-refractivity contribution in [2.24, 2.45) is 0 Å². The quantitative estimate of drug-likeness (QED) is 0.487. The van der Waals surface area contributed by atoms with E-state index >= 15 is 0 Å². The van der Waals surface area contributed by atoms with E-state index in [1.54, 1.807) is 40.4 Å². The highest BCUT2D eigenvalue weighted by Gasteiger charge is 2.19. The number of amides is 2. The number of nitrogens with one attached hydrogen (secondary N) is 2. The maximum atomic E-state index is 13.0. The number of nitrogens with zero attached hydrogens (tertiary/aromatic N) is 3. The molecule has 0 aliphatic heterocycles. The molecule has 2 amide bonds. The first-order chi connectivity index (χ1) is 14.5. The molecule has 0 aliphatic carbocycles. The summed E-state index contributed by atoms with van der Waals surface area (Å²) in [5.41, 5.74) is 8.09.